The number of benzene rings is 2. The van der Waals surface area contributed by atoms with Crippen molar-refractivity contribution in [2.75, 3.05) is 33.4 Å². The zero-order valence-corrected chi connectivity index (χ0v) is 19.1. The number of rotatable bonds is 10. The molecule has 1 aliphatic heterocycles. The van der Waals surface area contributed by atoms with Crippen LogP contribution in [0.1, 0.15) is 48.8 Å². The Morgan fingerprint density at radius 3 is 2.26 bits per heavy atom. The minimum Gasteiger partial charge on any atom is -0.493 e. The molecule has 0 bridgehead atoms. The highest BCUT2D eigenvalue weighted by Gasteiger charge is 2.15. The lowest BCUT2D eigenvalue weighted by atomic mass is 10.1. The van der Waals surface area contributed by atoms with Gasteiger partial charge < -0.3 is 24.8 Å². The van der Waals surface area contributed by atoms with Crippen LogP contribution in [0.2, 0.25) is 0 Å². The van der Waals surface area contributed by atoms with E-state index in [9.17, 15) is 5.11 Å². The number of ether oxygens (including phenoxy) is 2. The van der Waals surface area contributed by atoms with Crippen molar-refractivity contribution in [1.82, 2.24) is 10.2 Å². The van der Waals surface area contributed by atoms with Gasteiger partial charge in [0.25, 0.3) is 0 Å². The van der Waals surface area contributed by atoms with Crippen LogP contribution in [-0.4, -0.2) is 49.5 Å². The molecule has 5 nitrogen and oxygen atoms in total. The van der Waals surface area contributed by atoms with Crippen molar-refractivity contribution in [2.24, 2.45) is 0 Å². The molecule has 1 fully saturated rings. The highest BCUT2D eigenvalue weighted by Crippen LogP contribution is 2.28. The molecule has 3 rings (SSSR count). The summed E-state index contributed by atoms with van der Waals surface area (Å²) in [6.07, 6.45) is 5.87. The maximum absolute atomic E-state index is 10.5. The number of β-amino-alcohol motifs (C(OH)–C–C–N with tert-alkyl or cyclic N) is 1. The first-order chi connectivity index (χ1) is 15.1. The molecule has 2 N–H and O–H groups in total. The van der Waals surface area contributed by atoms with Crippen molar-refractivity contribution in [3.05, 3.63) is 59.2 Å². The Labute approximate surface area is 187 Å². The van der Waals surface area contributed by atoms with Crippen LogP contribution in [0, 0.1) is 6.92 Å². The second-order valence-corrected chi connectivity index (χ2v) is 8.61. The first-order valence-corrected chi connectivity index (χ1v) is 11.6. The third kappa shape index (κ3) is 8.17. The number of nitrogens with zero attached hydrogens (tertiary/aromatic N) is 1. The van der Waals surface area contributed by atoms with Gasteiger partial charge in [0.15, 0.2) is 11.5 Å². The van der Waals surface area contributed by atoms with E-state index in [1.54, 1.807) is 7.11 Å². The SMILES string of the molecule is COc1ccc(CNCc2ccc(C)cc2)cc1OCC(O)CN1CCCCCCC1. The van der Waals surface area contributed by atoms with Crippen LogP contribution in [0.15, 0.2) is 42.5 Å². The molecule has 2 aromatic carbocycles. The normalized spacial score (nSPS) is 16.4. The number of aliphatic hydroxyl groups excluding tert-OH is 1. The van der Waals surface area contributed by atoms with Gasteiger partial charge in [-0.15, -0.1) is 0 Å². The second-order valence-electron chi connectivity index (χ2n) is 8.61. The molecule has 0 aromatic heterocycles. The van der Waals surface area contributed by atoms with Gasteiger partial charge in [-0.05, 0) is 56.1 Å². The van der Waals surface area contributed by atoms with E-state index in [1.165, 1.54) is 43.2 Å². The summed E-state index contributed by atoms with van der Waals surface area (Å²) in [5, 5.41) is 14.0. The van der Waals surface area contributed by atoms with Crippen LogP contribution in [0.25, 0.3) is 0 Å². The number of hydrogen-bond donors (Lipinski definition) is 2. The van der Waals surface area contributed by atoms with Gasteiger partial charge in [-0.1, -0.05) is 55.2 Å². The van der Waals surface area contributed by atoms with Gasteiger partial charge in [0.2, 0.25) is 0 Å². The molecule has 1 unspecified atom stereocenters. The molecule has 1 atom stereocenters. The van der Waals surface area contributed by atoms with Gasteiger partial charge in [-0.25, -0.2) is 0 Å². The minimum absolute atomic E-state index is 0.271. The standard InChI is InChI=1S/C26H38N2O3/c1-21-8-10-22(11-9-21)17-27-18-23-12-13-25(30-2)26(16-23)31-20-24(29)19-28-14-6-4-3-5-7-15-28/h8-13,16,24,27,29H,3-7,14-15,17-20H2,1-2H3. The Hall–Kier alpha value is -2.08. The summed E-state index contributed by atoms with van der Waals surface area (Å²) >= 11 is 0. The molecule has 2 aromatic rings. The molecular formula is C26H38N2O3. The van der Waals surface area contributed by atoms with Crippen LogP contribution < -0.4 is 14.8 Å². The van der Waals surface area contributed by atoms with E-state index in [0.717, 1.165) is 31.7 Å². The smallest absolute Gasteiger partial charge is 0.161 e. The summed E-state index contributed by atoms with van der Waals surface area (Å²) in [7, 11) is 1.65. The van der Waals surface area contributed by atoms with Crippen molar-refractivity contribution in [3.63, 3.8) is 0 Å². The van der Waals surface area contributed by atoms with Crippen molar-refractivity contribution in [1.29, 1.82) is 0 Å². The predicted octanol–water partition coefficient (Wildman–Crippen LogP) is 4.30. The van der Waals surface area contributed by atoms with Gasteiger partial charge in [-0.3, -0.25) is 0 Å². The average molecular weight is 427 g/mol. The molecule has 1 saturated heterocycles. The highest BCUT2D eigenvalue weighted by atomic mass is 16.5. The Balaban J connectivity index is 1.49. The van der Waals surface area contributed by atoms with Gasteiger partial charge in [0.05, 0.1) is 7.11 Å². The third-order valence-electron chi connectivity index (χ3n) is 5.86. The van der Waals surface area contributed by atoms with Crippen molar-refractivity contribution in [3.8, 4) is 11.5 Å². The molecule has 5 heteroatoms. The van der Waals surface area contributed by atoms with E-state index in [0.29, 0.717) is 18.0 Å². The Kier molecular flexibility index (Phi) is 9.66. The molecule has 0 radical (unpaired) electrons. The average Bonchev–Trinajstić information content (AvgIpc) is 2.75. The molecule has 0 spiro atoms. The molecule has 170 valence electrons. The fraction of sp³-hybridized carbons (Fsp3) is 0.538. The van der Waals surface area contributed by atoms with E-state index in [2.05, 4.69) is 41.4 Å². The van der Waals surface area contributed by atoms with E-state index in [4.69, 9.17) is 9.47 Å². The maximum atomic E-state index is 10.5. The Bertz CT molecular complexity index is 771. The number of aryl methyl sites for hydroxylation is 1. The number of methoxy groups -OCH3 is 1. The predicted molar refractivity (Wildman–Crippen MR) is 126 cm³/mol. The number of nitrogens with one attached hydrogen (secondary N) is 1. The summed E-state index contributed by atoms with van der Waals surface area (Å²) in [4.78, 5) is 2.37. The molecule has 1 heterocycles. The molecule has 1 aliphatic rings. The van der Waals surface area contributed by atoms with Crippen LogP contribution in [0.4, 0.5) is 0 Å². The van der Waals surface area contributed by atoms with Gasteiger partial charge >= 0.3 is 0 Å². The van der Waals surface area contributed by atoms with Crippen LogP contribution in [-0.2, 0) is 13.1 Å². The summed E-state index contributed by atoms with van der Waals surface area (Å²) in [6.45, 7) is 6.74. The second kappa shape index (κ2) is 12.7. The summed E-state index contributed by atoms with van der Waals surface area (Å²) < 4.78 is 11.4. The maximum Gasteiger partial charge on any atom is 0.161 e. The monoisotopic (exact) mass is 426 g/mol. The van der Waals surface area contributed by atoms with Crippen LogP contribution in [0.3, 0.4) is 0 Å². The first kappa shape index (κ1) is 23.6. The van der Waals surface area contributed by atoms with Gasteiger partial charge in [-0.2, -0.15) is 0 Å². The fourth-order valence-corrected chi connectivity index (χ4v) is 4.03. The third-order valence-corrected chi connectivity index (χ3v) is 5.86. The topological polar surface area (TPSA) is 54.0 Å². The van der Waals surface area contributed by atoms with Crippen molar-refractivity contribution in [2.45, 2.75) is 58.2 Å². The number of hydrogen-bond acceptors (Lipinski definition) is 5. The minimum atomic E-state index is -0.507. The Morgan fingerprint density at radius 2 is 1.55 bits per heavy atom. The quantitative estimate of drug-likeness (QED) is 0.593. The van der Waals surface area contributed by atoms with E-state index >= 15 is 0 Å². The summed E-state index contributed by atoms with van der Waals surface area (Å²) in [5.74, 6) is 1.38. The zero-order chi connectivity index (χ0) is 21.9. The molecule has 0 saturated carbocycles. The number of likely N-dealkylation sites (tertiary alicyclic amines) is 1. The zero-order valence-electron chi connectivity index (χ0n) is 19.1. The van der Waals surface area contributed by atoms with E-state index in [-0.39, 0.29) is 6.61 Å². The highest BCUT2D eigenvalue weighted by molar-refractivity contribution is 5.43. The molecular weight excluding hydrogens is 388 g/mol. The molecule has 31 heavy (non-hydrogen) atoms. The molecule has 0 amide bonds. The lowest BCUT2D eigenvalue weighted by Gasteiger charge is -2.26. The molecule has 0 aliphatic carbocycles. The van der Waals surface area contributed by atoms with Crippen LogP contribution >= 0.6 is 0 Å². The van der Waals surface area contributed by atoms with Gasteiger partial charge in [0.1, 0.15) is 12.7 Å². The number of aliphatic hydroxyl groups is 1. The van der Waals surface area contributed by atoms with Crippen molar-refractivity contribution >= 4 is 0 Å². The largest absolute Gasteiger partial charge is 0.493 e. The van der Waals surface area contributed by atoms with E-state index in [1.807, 2.05) is 18.2 Å². The van der Waals surface area contributed by atoms with Crippen LogP contribution in [0.5, 0.6) is 11.5 Å². The first-order valence-electron chi connectivity index (χ1n) is 11.6. The van der Waals surface area contributed by atoms with Crippen molar-refractivity contribution < 1.29 is 14.6 Å². The summed E-state index contributed by atoms with van der Waals surface area (Å²) in [5.41, 5.74) is 3.67. The fourth-order valence-electron chi connectivity index (χ4n) is 4.03. The lowest BCUT2D eigenvalue weighted by Crippen LogP contribution is -2.37. The van der Waals surface area contributed by atoms with E-state index < -0.39 is 6.10 Å². The van der Waals surface area contributed by atoms with Gasteiger partial charge in [0, 0.05) is 19.6 Å². The lowest BCUT2D eigenvalue weighted by molar-refractivity contribution is 0.0644. The summed E-state index contributed by atoms with van der Waals surface area (Å²) in [6, 6.07) is 14.6. The Morgan fingerprint density at radius 1 is 0.903 bits per heavy atom.